The van der Waals surface area contributed by atoms with Gasteiger partial charge in [0.05, 0.1) is 5.56 Å². The van der Waals surface area contributed by atoms with Crippen molar-refractivity contribution in [1.82, 2.24) is 0 Å². The third kappa shape index (κ3) is 2.43. The number of hydrogen-bond donors (Lipinski definition) is 4. The largest absolute Gasteiger partial charge is 0.481 e. The van der Waals surface area contributed by atoms with Gasteiger partial charge < -0.3 is 20.4 Å². The Kier molecular flexibility index (Phi) is 4.23. The average Bonchev–Trinajstić information content (AvgIpc) is 2.53. The summed E-state index contributed by atoms with van der Waals surface area (Å²) < 4.78 is 0. The van der Waals surface area contributed by atoms with Gasteiger partial charge in [-0.25, -0.2) is 4.79 Å². The normalized spacial score (nSPS) is 18.5. The van der Waals surface area contributed by atoms with Gasteiger partial charge in [-0.05, 0) is 17.2 Å². The lowest BCUT2D eigenvalue weighted by Crippen LogP contribution is -2.48. The van der Waals surface area contributed by atoms with Crippen LogP contribution in [-0.2, 0) is 14.4 Å². The number of carbonyl (C=O) groups is 4. The number of benzene rings is 1. The van der Waals surface area contributed by atoms with Crippen molar-refractivity contribution in [2.45, 2.75) is 0 Å². The van der Waals surface area contributed by atoms with Crippen molar-refractivity contribution in [3.05, 3.63) is 53.6 Å². The predicted molar refractivity (Wildman–Crippen MR) is 79.3 cm³/mol. The molecule has 0 radical (unpaired) electrons. The van der Waals surface area contributed by atoms with Crippen LogP contribution in [-0.4, -0.2) is 44.3 Å². The monoisotopic (exact) mass is 332 g/mol. The first-order valence-corrected chi connectivity index (χ1v) is 6.65. The molecule has 4 N–H and O–H groups in total. The summed E-state index contributed by atoms with van der Waals surface area (Å²) in [7, 11) is 0. The molecular formula is C16H12O8. The molecule has 1 aliphatic rings. The molecule has 0 aliphatic heterocycles. The highest BCUT2D eigenvalue weighted by Gasteiger charge is 2.57. The van der Waals surface area contributed by atoms with E-state index in [0.29, 0.717) is 0 Å². The fourth-order valence-electron chi connectivity index (χ4n) is 2.72. The van der Waals surface area contributed by atoms with Crippen LogP contribution in [0.1, 0.15) is 15.9 Å². The molecule has 1 atom stereocenters. The van der Waals surface area contributed by atoms with Gasteiger partial charge in [0.25, 0.3) is 0 Å². The Morgan fingerprint density at radius 3 is 2.00 bits per heavy atom. The molecule has 0 fully saturated rings. The van der Waals surface area contributed by atoms with E-state index in [1.54, 1.807) is 0 Å². The van der Waals surface area contributed by atoms with Crippen molar-refractivity contribution in [3.63, 3.8) is 0 Å². The smallest absolute Gasteiger partial charge is 0.336 e. The van der Waals surface area contributed by atoms with Crippen LogP contribution in [0, 0.1) is 11.3 Å². The molecule has 0 heterocycles. The number of aromatic carboxylic acids is 1. The van der Waals surface area contributed by atoms with Crippen molar-refractivity contribution in [3.8, 4) is 0 Å². The molecule has 1 aromatic carbocycles. The molecule has 1 unspecified atom stereocenters. The number of carboxylic acids is 4. The van der Waals surface area contributed by atoms with Gasteiger partial charge in [0.2, 0.25) is 0 Å². The highest BCUT2D eigenvalue weighted by molar-refractivity contribution is 6.10. The lowest BCUT2D eigenvalue weighted by molar-refractivity contribution is -0.168. The van der Waals surface area contributed by atoms with Gasteiger partial charge in [0, 0.05) is 0 Å². The number of aliphatic carboxylic acids is 3. The first kappa shape index (κ1) is 16.9. The Labute approximate surface area is 135 Å². The lowest BCUT2D eigenvalue weighted by atomic mass is 9.67. The summed E-state index contributed by atoms with van der Waals surface area (Å²) in [6, 6.07) is 5.39. The second-order valence-corrected chi connectivity index (χ2v) is 5.08. The van der Waals surface area contributed by atoms with Gasteiger partial charge in [-0.3, -0.25) is 14.4 Å². The summed E-state index contributed by atoms with van der Waals surface area (Å²) in [5, 5.41) is 37.5. The Bertz CT molecular complexity index is 788. The second kappa shape index (κ2) is 5.99. The fourth-order valence-corrected chi connectivity index (χ4v) is 2.72. The van der Waals surface area contributed by atoms with Gasteiger partial charge in [-0.2, -0.15) is 0 Å². The molecule has 1 aliphatic carbocycles. The number of allylic oxidation sites excluding steroid dienone is 2. The van der Waals surface area contributed by atoms with Gasteiger partial charge in [-0.1, -0.05) is 36.4 Å². The fraction of sp³-hybridized carbons (Fsp3) is 0.125. The van der Waals surface area contributed by atoms with Crippen LogP contribution in [0.4, 0.5) is 0 Å². The van der Waals surface area contributed by atoms with Gasteiger partial charge in [-0.15, -0.1) is 0 Å². The van der Waals surface area contributed by atoms with E-state index < -0.39 is 35.2 Å². The molecule has 0 amide bonds. The zero-order valence-corrected chi connectivity index (χ0v) is 12.0. The lowest BCUT2D eigenvalue weighted by Gasteiger charge is -2.32. The van der Waals surface area contributed by atoms with Crippen LogP contribution in [0.2, 0.25) is 0 Å². The third-order valence-electron chi connectivity index (χ3n) is 3.82. The van der Waals surface area contributed by atoms with Crippen molar-refractivity contribution >= 4 is 29.5 Å². The molecular weight excluding hydrogens is 320 g/mol. The van der Waals surface area contributed by atoms with E-state index in [-0.39, 0.29) is 16.7 Å². The van der Waals surface area contributed by atoms with E-state index >= 15 is 0 Å². The Balaban J connectivity index is 2.76. The minimum absolute atomic E-state index is 0.0476. The maximum Gasteiger partial charge on any atom is 0.336 e. The van der Waals surface area contributed by atoms with Gasteiger partial charge >= 0.3 is 23.9 Å². The Hall–Kier alpha value is -3.42. The predicted octanol–water partition coefficient (Wildman–Crippen LogP) is 1.19. The second-order valence-electron chi connectivity index (χ2n) is 5.08. The molecule has 0 saturated heterocycles. The van der Waals surface area contributed by atoms with Crippen molar-refractivity contribution < 1.29 is 39.6 Å². The highest BCUT2D eigenvalue weighted by Crippen LogP contribution is 2.44. The zero-order valence-electron chi connectivity index (χ0n) is 12.0. The molecule has 2 rings (SSSR count). The van der Waals surface area contributed by atoms with Crippen LogP contribution in [0.3, 0.4) is 0 Å². The standard InChI is InChI=1S/C16H12O8/c17-12(18)10-5-2-1-4-8(10)9-6-3-7-16(14(21)22,15(23)24)11(9)13(19)20/h1-7,11H,(H,17,18)(H,19,20)(H,21,22)(H,23,24). The van der Waals surface area contributed by atoms with Crippen molar-refractivity contribution in [2.24, 2.45) is 11.3 Å². The number of hydrogen-bond acceptors (Lipinski definition) is 4. The summed E-state index contributed by atoms with van der Waals surface area (Å²) in [4.78, 5) is 46.2. The number of carboxylic acid groups (broad SMARTS) is 4. The molecule has 1 aromatic rings. The molecule has 8 nitrogen and oxygen atoms in total. The summed E-state index contributed by atoms with van der Waals surface area (Å²) >= 11 is 0. The molecule has 0 bridgehead atoms. The summed E-state index contributed by atoms with van der Waals surface area (Å²) in [6.45, 7) is 0. The van der Waals surface area contributed by atoms with Gasteiger partial charge in [0.15, 0.2) is 5.41 Å². The van der Waals surface area contributed by atoms with E-state index in [1.165, 1.54) is 30.3 Å². The molecule has 0 spiro atoms. The zero-order chi connectivity index (χ0) is 18.1. The summed E-state index contributed by atoms with van der Waals surface area (Å²) in [6.07, 6.45) is 3.10. The third-order valence-corrected chi connectivity index (χ3v) is 3.82. The minimum Gasteiger partial charge on any atom is -0.481 e. The summed E-state index contributed by atoms with van der Waals surface area (Å²) in [5.74, 6) is -8.72. The van der Waals surface area contributed by atoms with Crippen LogP contribution >= 0.6 is 0 Å². The Morgan fingerprint density at radius 2 is 1.50 bits per heavy atom. The van der Waals surface area contributed by atoms with E-state index in [9.17, 15) is 39.6 Å². The van der Waals surface area contributed by atoms with E-state index in [2.05, 4.69) is 0 Å². The van der Waals surface area contributed by atoms with E-state index in [4.69, 9.17) is 0 Å². The van der Waals surface area contributed by atoms with Crippen molar-refractivity contribution in [2.75, 3.05) is 0 Å². The van der Waals surface area contributed by atoms with Crippen molar-refractivity contribution in [1.29, 1.82) is 0 Å². The summed E-state index contributed by atoms with van der Waals surface area (Å²) in [5.41, 5.74) is -3.24. The van der Waals surface area contributed by atoms with E-state index in [1.807, 2.05) is 0 Å². The van der Waals surface area contributed by atoms with Gasteiger partial charge in [0.1, 0.15) is 5.92 Å². The highest BCUT2D eigenvalue weighted by atomic mass is 16.4. The average molecular weight is 332 g/mol. The Morgan fingerprint density at radius 1 is 0.917 bits per heavy atom. The maximum absolute atomic E-state index is 11.7. The first-order valence-electron chi connectivity index (χ1n) is 6.65. The van der Waals surface area contributed by atoms with Crippen LogP contribution in [0.15, 0.2) is 42.5 Å². The molecule has 0 aromatic heterocycles. The molecule has 0 saturated carbocycles. The SMILES string of the molecule is O=C(O)c1ccccc1C1=CC=CC(C(=O)O)(C(=O)O)C1C(=O)O. The molecule has 8 heteroatoms. The first-order chi connectivity index (χ1) is 11.2. The quantitative estimate of drug-likeness (QED) is 0.587. The molecule has 24 heavy (non-hydrogen) atoms. The molecule has 124 valence electrons. The minimum atomic E-state index is -2.73. The van der Waals surface area contributed by atoms with Crippen LogP contribution < -0.4 is 0 Å². The number of rotatable bonds is 5. The van der Waals surface area contributed by atoms with Crippen LogP contribution in [0.5, 0.6) is 0 Å². The van der Waals surface area contributed by atoms with Crippen LogP contribution in [0.25, 0.3) is 5.57 Å². The van der Waals surface area contributed by atoms with E-state index in [0.717, 1.165) is 12.2 Å². The maximum atomic E-state index is 11.7. The topological polar surface area (TPSA) is 149 Å².